The first kappa shape index (κ1) is 12.1. The van der Waals surface area contributed by atoms with Crippen molar-refractivity contribution in [1.82, 2.24) is 5.32 Å². The van der Waals surface area contributed by atoms with Crippen molar-refractivity contribution in [3.05, 3.63) is 48.0 Å². The largest absolute Gasteiger partial charge is 0.330 e. The van der Waals surface area contributed by atoms with Crippen molar-refractivity contribution in [2.75, 3.05) is 6.54 Å². The average Bonchev–Trinajstić information content (AvgIpc) is 2.36. The Bertz CT molecular complexity index is 474. The van der Waals surface area contributed by atoms with E-state index in [0.717, 1.165) is 19.5 Å². The van der Waals surface area contributed by atoms with E-state index in [4.69, 9.17) is 5.73 Å². The van der Waals surface area contributed by atoms with Crippen LogP contribution in [-0.2, 0) is 6.54 Å². The molecule has 3 N–H and O–H groups in total. The first-order chi connectivity index (χ1) is 8.31. The summed E-state index contributed by atoms with van der Waals surface area (Å²) in [4.78, 5) is 0. The third-order valence-corrected chi connectivity index (χ3v) is 3.12. The Hall–Kier alpha value is -1.38. The Morgan fingerprint density at radius 2 is 1.88 bits per heavy atom. The molecule has 0 aromatic heterocycles. The van der Waals surface area contributed by atoms with E-state index < -0.39 is 0 Å². The molecule has 0 radical (unpaired) electrons. The van der Waals surface area contributed by atoms with E-state index in [-0.39, 0.29) is 0 Å². The van der Waals surface area contributed by atoms with E-state index in [1.165, 1.54) is 16.3 Å². The first-order valence-electron chi connectivity index (χ1n) is 6.21. The first-order valence-corrected chi connectivity index (χ1v) is 6.21. The van der Waals surface area contributed by atoms with E-state index in [0.29, 0.717) is 6.04 Å². The molecule has 0 saturated carbocycles. The van der Waals surface area contributed by atoms with Crippen molar-refractivity contribution in [3.63, 3.8) is 0 Å². The highest BCUT2D eigenvalue weighted by molar-refractivity contribution is 5.85. The van der Waals surface area contributed by atoms with Crippen LogP contribution < -0.4 is 11.1 Å². The van der Waals surface area contributed by atoms with Crippen LogP contribution in [0.5, 0.6) is 0 Å². The molecular formula is C15H20N2. The van der Waals surface area contributed by atoms with E-state index in [9.17, 15) is 0 Å². The number of nitrogens with two attached hydrogens (primary N) is 1. The second-order valence-corrected chi connectivity index (χ2v) is 4.50. The number of benzene rings is 2. The van der Waals surface area contributed by atoms with Gasteiger partial charge in [0.15, 0.2) is 0 Å². The Balaban J connectivity index is 2.13. The zero-order valence-corrected chi connectivity index (χ0v) is 10.3. The average molecular weight is 228 g/mol. The highest BCUT2D eigenvalue weighted by Crippen LogP contribution is 2.18. The Labute approximate surface area is 103 Å². The minimum Gasteiger partial charge on any atom is -0.330 e. The minimum absolute atomic E-state index is 0.471. The predicted molar refractivity (Wildman–Crippen MR) is 73.9 cm³/mol. The van der Waals surface area contributed by atoms with E-state index in [1.54, 1.807) is 0 Å². The summed E-state index contributed by atoms with van der Waals surface area (Å²) in [5.41, 5.74) is 6.90. The molecule has 0 spiro atoms. The maximum atomic E-state index is 5.55. The van der Waals surface area contributed by atoms with Gasteiger partial charge in [0.05, 0.1) is 0 Å². The zero-order chi connectivity index (χ0) is 12.1. The number of hydrogen-bond acceptors (Lipinski definition) is 2. The molecule has 17 heavy (non-hydrogen) atoms. The Kier molecular flexibility index (Phi) is 4.13. The molecule has 2 aromatic carbocycles. The molecule has 1 unspecified atom stereocenters. The fourth-order valence-corrected chi connectivity index (χ4v) is 2.08. The van der Waals surface area contributed by atoms with Crippen molar-refractivity contribution in [2.24, 2.45) is 5.73 Å². The van der Waals surface area contributed by atoms with Gasteiger partial charge in [-0.2, -0.15) is 0 Å². The van der Waals surface area contributed by atoms with Crippen LogP contribution in [-0.4, -0.2) is 12.6 Å². The summed E-state index contributed by atoms with van der Waals surface area (Å²) in [6.07, 6.45) is 1.02. The fraction of sp³-hybridized carbons (Fsp3) is 0.333. The third kappa shape index (κ3) is 3.05. The lowest BCUT2D eigenvalue weighted by molar-refractivity contribution is 0.521. The lowest BCUT2D eigenvalue weighted by Crippen LogP contribution is -2.27. The maximum absolute atomic E-state index is 5.55. The van der Waals surface area contributed by atoms with Gasteiger partial charge in [0.2, 0.25) is 0 Å². The standard InChI is InChI=1S/C15H20N2/c1-12(9-10-16)17-11-14-7-4-6-13-5-2-3-8-15(13)14/h2-8,12,17H,9-11,16H2,1H3. The van der Waals surface area contributed by atoms with Crippen LogP contribution >= 0.6 is 0 Å². The van der Waals surface area contributed by atoms with Crippen LogP contribution in [0, 0.1) is 0 Å². The summed E-state index contributed by atoms with van der Waals surface area (Å²) in [7, 11) is 0. The molecule has 0 aliphatic rings. The molecule has 0 saturated heterocycles. The summed E-state index contributed by atoms with van der Waals surface area (Å²) < 4.78 is 0. The van der Waals surface area contributed by atoms with Gasteiger partial charge in [0.1, 0.15) is 0 Å². The lowest BCUT2D eigenvalue weighted by atomic mass is 10.0. The van der Waals surface area contributed by atoms with Gasteiger partial charge in [-0.3, -0.25) is 0 Å². The second kappa shape index (κ2) is 5.80. The highest BCUT2D eigenvalue weighted by atomic mass is 14.9. The third-order valence-electron chi connectivity index (χ3n) is 3.12. The number of hydrogen-bond donors (Lipinski definition) is 2. The van der Waals surface area contributed by atoms with Gasteiger partial charge in [0.25, 0.3) is 0 Å². The molecule has 0 amide bonds. The summed E-state index contributed by atoms with van der Waals surface area (Å²) >= 11 is 0. The topological polar surface area (TPSA) is 38.0 Å². The molecule has 0 bridgehead atoms. The summed E-state index contributed by atoms with van der Waals surface area (Å²) in [6.45, 7) is 3.82. The monoisotopic (exact) mass is 228 g/mol. The minimum atomic E-state index is 0.471. The van der Waals surface area contributed by atoms with Crippen molar-refractivity contribution in [3.8, 4) is 0 Å². The van der Waals surface area contributed by atoms with Gasteiger partial charge >= 0.3 is 0 Å². The quantitative estimate of drug-likeness (QED) is 0.825. The van der Waals surface area contributed by atoms with Gasteiger partial charge in [-0.1, -0.05) is 42.5 Å². The van der Waals surface area contributed by atoms with Crippen molar-refractivity contribution >= 4 is 10.8 Å². The van der Waals surface area contributed by atoms with Crippen molar-refractivity contribution in [2.45, 2.75) is 25.9 Å². The van der Waals surface area contributed by atoms with Crippen LogP contribution in [0.2, 0.25) is 0 Å². The van der Waals surface area contributed by atoms with Crippen molar-refractivity contribution in [1.29, 1.82) is 0 Å². The molecule has 90 valence electrons. The molecular weight excluding hydrogens is 208 g/mol. The van der Waals surface area contributed by atoms with Gasteiger partial charge in [-0.05, 0) is 36.2 Å². The normalized spacial score (nSPS) is 12.8. The van der Waals surface area contributed by atoms with E-state index in [2.05, 4.69) is 54.7 Å². The molecule has 2 rings (SSSR count). The molecule has 0 fully saturated rings. The zero-order valence-electron chi connectivity index (χ0n) is 10.3. The van der Waals surface area contributed by atoms with Crippen LogP contribution in [0.3, 0.4) is 0 Å². The second-order valence-electron chi connectivity index (χ2n) is 4.50. The van der Waals surface area contributed by atoms with Crippen LogP contribution in [0.25, 0.3) is 10.8 Å². The molecule has 2 nitrogen and oxygen atoms in total. The molecule has 2 heteroatoms. The molecule has 0 aliphatic heterocycles. The van der Waals surface area contributed by atoms with Crippen LogP contribution in [0.4, 0.5) is 0 Å². The molecule has 2 aromatic rings. The number of nitrogens with one attached hydrogen (secondary N) is 1. The maximum Gasteiger partial charge on any atom is 0.0214 e. The Morgan fingerprint density at radius 3 is 2.71 bits per heavy atom. The molecule has 0 aliphatic carbocycles. The number of rotatable bonds is 5. The van der Waals surface area contributed by atoms with Gasteiger partial charge in [-0.15, -0.1) is 0 Å². The van der Waals surface area contributed by atoms with Gasteiger partial charge in [0, 0.05) is 12.6 Å². The van der Waals surface area contributed by atoms with E-state index in [1.807, 2.05) is 0 Å². The van der Waals surface area contributed by atoms with Crippen LogP contribution in [0.15, 0.2) is 42.5 Å². The number of fused-ring (bicyclic) bond motifs is 1. The summed E-state index contributed by atoms with van der Waals surface area (Å²) in [5, 5.41) is 6.15. The predicted octanol–water partition coefficient (Wildman–Crippen LogP) is 2.67. The van der Waals surface area contributed by atoms with Gasteiger partial charge < -0.3 is 11.1 Å². The highest BCUT2D eigenvalue weighted by Gasteiger charge is 2.02. The van der Waals surface area contributed by atoms with E-state index >= 15 is 0 Å². The van der Waals surface area contributed by atoms with Gasteiger partial charge in [-0.25, -0.2) is 0 Å². The Morgan fingerprint density at radius 1 is 1.12 bits per heavy atom. The van der Waals surface area contributed by atoms with Crippen molar-refractivity contribution < 1.29 is 0 Å². The molecule has 0 heterocycles. The molecule has 1 atom stereocenters. The fourth-order valence-electron chi connectivity index (χ4n) is 2.08. The summed E-state index contributed by atoms with van der Waals surface area (Å²) in [5.74, 6) is 0. The lowest BCUT2D eigenvalue weighted by Gasteiger charge is -2.13. The SMILES string of the molecule is CC(CCN)NCc1cccc2ccccc12. The summed E-state index contributed by atoms with van der Waals surface area (Å²) in [6, 6.07) is 15.4. The van der Waals surface area contributed by atoms with Crippen LogP contribution in [0.1, 0.15) is 18.9 Å². The smallest absolute Gasteiger partial charge is 0.0214 e.